The number of carboxylic acids is 1. The van der Waals surface area contributed by atoms with Crippen molar-refractivity contribution in [1.82, 2.24) is 4.90 Å². The van der Waals surface area contributed by atoms with E-state index in [0.717, 1.165) is 6.20 Å². The highest BCUT2D eigenvalue weighted by molar-refractivity contribution is 5.79. The lowest BCUT2D eigenvalue weighted by atomic mass is 10.1. The number of aliphatic hydroxyl groups excluding tert-OH is 3. The third kappa shape index (κ3) is 2.96. The second-order valence-corrected chi connectivity index (χ2v) is 3.61. The summed E-state index contributed by atoms with van der Waals surface area (Å²) in [7, 11) is 0. The van der Waals surface area contributed by atoms with E-state index in [1.54, 1.807) is 0 Å². The van der Waals surface area contributed by atoms with Crippen LogP contribution in [-0.2, 0) is 9.53 Å². The van der Waals surface area contributed by atoms with Crippen molar-refractivity contribution in [2.24, 2.45) is 5.73 Å². The Morgan fingerprint density at radius 3 is 2.39 bits per heavy atom. The van der Waals surface area contributed by atoms with Crippen molar-refractivity contribution < 1.29 is 34.8 Å². The van der Waals surface area contributed by atoms with E-state index in [9.17, 15) is 24.9 Å². The molecule has 0 aromatic carbocycles. The predicted molar refractivity (Wildman–Crippen MR) is 53.3 cm³/mol. The fraction of sp³-hybridized carbons (Fsp3) is 0.556. The van der Waals surface area contributed by atoms with Gasteiger partial charge in [-0.3, -0.25) is 4.90 Å². The van der Waals surface area contributed by atoms with Crippen LogP contribution in [0.5, 0.6) is 0 Å². The summed E-state index contributed by atoms with van der Waals surface area (Å²) >= 11 is 0. The normalized spacial score (nSPS) is 31.7. The third-order valence-electron chi connectivity index (χ3n) is 2.42. The van der Waals surface area contributed by atoms with E-state index >= 15 is 0 Å². The van der Waals surface area contributed by atoms with Crippen LogP contribution in [0.3, 0.4) is 0 Å². The van der Waals surface area contributed by atoms with Crippen LogP contribution in [-0.4, -0.2) is 63.4 Å². The van der Waals surface area contributed by atoms with E-state index in [4.69, 9.17) is 15.6 Å². The van der Waals surface area contributed by atoms with Crippen molar-refractivity contribution >= 4 is 12.0 Å². The number of rotatable bonds is 4. The molecule has 0 bridgehead atoms. The van der Waals surface area contributed by atoms with E-state index in [-0.39, 0.29) is 0 Å². The molecule has 9 heteroatoms. The second-order valence-electron chi connectivity index (χ2n) is 3.61. The molecule has 9 nitrogen and oxygen atoms in total. The Morgan fingerprint density at radius 2 is 2.00 bits per heavy atom. The van der Waals surface area contributed by atoms with Crippen molar-refractivity contribution in [2.45, 2.75) is 24.5 Å². The zero-order valence-electron chi connectivity index (χ0n) is 9.17. The molecule has 1 saturated heterocycles. The molecule has 2 amide bonds. The van der Waals surface area contributed by atoms with E-state index in [2.05, 4.69) is 0 Å². The summed E-state index contributed by atoms with van der Waals surface area (Å²) in [6, 6.07) is -1.10. The maximum absolute atomic E-state index is 11.1. The highest BCUT2D eigenvalue weighted by Crippen LogP contribution is 2.24. The van der Waals surface area contributed by atoms with Crippen LogP contribution in [0, 0.1) is 0 Å². The number of primary amides is 1. The van der Waals surface area contributed by atoms with Crippen LogP contribution >= 0.6 is 0 Å². The Labute approximate surface area is 102 Å². The minimum absolute atomic E-state index is 0.513. The van der Waals surface area contributed by atoms with Crippen LogP contribution < -0.4 is 10.8 Å². The molecule has 18 heavy (non-hydrogen) atoms. The lowest BCUT2D eigenvalue weighted by Gasteiger charge is -2.25. The molecule has 0 radical (unpaired) electrons. The van der Waals surface area contributed by atoms with Gasteiger partial charge in [0.05, 0.1) is 12.6 Å². The summed E-state index contributed by atoms with van der Waals surface area (Å²) in [5.41, 5.74) is 4.98. The summed E-state index contributed by atoms with van der Waals surface area (Å²) in [4.78, 5) is 21.9. The first kappa shape index (κ1) is 14.4. The zero-order valence-corrected chi connectivity index (χ0v) is 9.17. The number of carboxylic acid groups (broad SMARTS) is 1. The second kappa shape index (κ2) is 5.78. The van der Waals surface area contributed by atoms with Gasteiger partial charge in [0.1, 0.15) is 18.3 Å². The third-order valence-corrected chi connectivity index (χ3v) is 2.42. The van der Waals surface area contributed by atoms with Gasteiger partial charge in [0.25, 0.3) is 0 Å². The summed E-state index contributed by atoms with van der Waals surface area (Å²) in [6.07, 6.45) is -4.16. The number of aliphatic carboxylic acids is 1. The molecule has 0 unspecified atom stereocenters. The average Bonchev–Trinajstić information content (AvgIpc) is 2.56. The molecule has 0 aromatic rings. The topological polar surface area (TPSA) is 156 Å². The van der Waals surface area contributed by atoms with Crippen LogP contribution in [0.1, 0.15) is 0 Å². The molecule has 0 aromatic heterocycles. The minimum atomic E-state index is -1.58. The molecule has 5 N–H and O–H groups in total. The van der Waals surface area contributed by atoms with Gasteiger partial charge in [-0.15, -0.1) is 0 Å². The number of nitrogens with zero attached hydrogens (tertiary/aromatic N) is 1. The summed E-state index contributed by atoms with van der Waals surface area (Å²) in [5, 5.41) is 38.2. The van der Waals surface area contributed by atoms with Gasteiger partial charge in [-0.1, -0.05) is 0 Å². The lowest BCUT2D eigenvalue weighted by Crippen LogP contribution is -2.46. The molecule has 0 saturated carbocycles. The van der Waals surface area contributed by atoms with E-state index < -0.39 is 43.1 Å². The maximum atomic E-state index is 11.1. The largest absolute Gasteiger partial charge is 0.545 e. The Bertz CT molecular complexity index is 359. The molecule has 1 heterocycles. The van der Waals surface area contributed by atoms with Crippen molar-refractivity contribution in [3.63, 3.8) is 0 Å². The molecule has 1 fully saturated rings. The van der Waals surface area contributed by atoms with Gasteiger partial charge in [-0.25, -0.2) is 4.79 Å². The summed E-state index contributed by atoms with van der Waals surface area (Å²) < 4.78 is 5.00. The van der Waals surface area contributed by atoms with E-state index in [1.165, 1.54) is 0 Å². The number of amides is 2. The average molecular weight is 261 g/mol. The smallest absolute Gasteiger partial charge is 0.321 e. The Morgan fingerprint density at radius 1 is 1.39 bits per heavy atom. The molecule has 1 rings (SSSR count). The van der Waals surface area contributed by atoms with Gasteiger partial charge in [0.15, 0.2) is 6.23 Å². The first-order chi connectivity index (χ1) is 8.38. The van der Waals surface area contributed by atoms with Gasteiger partial charge in [-0.2, -0.15) is 0 Å². The van der Waals surface area contributed by atoms with E-state index in [1.807, 2.05) is 0 Å². The monoisotopic (exact) mass is 261 g/mol. The fourth-order valence-electron chi connectivity index (χ4n) is 1.53. The van der Waals surface area contributed by atoms with Gasteiger partial charge in [0.2, 0.25) is 0 Å². The van der Waals surface area contributed by atoms with Gasteiger partial charge in [-0.05, 0) is 6.08 Å². The first-order valence-electron chi connectivity index (χ1n) is 4.98. The minimum Gasteiger partial charge on any atom is -0.545 e. The quantitative estimate of drug-likeness (QED) is 0.376. The zero-order chi connectivity index (χ0) is 13.9. The predicted octanol–water partition coefficient (Wildman–Crippen LogP) is -3.93. The number of urea groups is 1. The number of ether oxygens (including phenoxy) is 1. The molecule has 102 valence electrons. The standard InChI is InChI=1S/C9H14N2O7/c10-9(17)11(2-1-5(13)14)8-7(16)6(15)4(3-12)18-8/h1-2,4,6-8,12,15-16H,3H2,(H2,10,17)(H,13,14)/p-1/b2-1+/t4-,6-,7-,8-/m1/s1. The number of carbonyl (C=O) groups excluding carboxylic acids is 2. The van der Waals surface area contributed by atoms with Gasteiger partial charge < -0.3 is 35.7 Å². The SMILES string of the molecule is NC(=O)N(/C=C/C(=O)[O-])[C@@H]1O[C@H](CO)[C@@H](O)[C@H]1O. The Kier molecular flexibility index (Phi) is 4.62. The summed E-state index contributed by atoms with van der Waals surface area (Å²) in [5.74, 6) is -1.58. The van der Waals surface area contributed by atoms with Crippen molar-refractivity contribution in [1.29, 1.82) is 0 Å². The molecule has 0 spiro atoms. The van der Waals surface area contributed by atoms with Gasteiger partial charge >= 0.3 is 6.03 Å². The van der Waals surface area contributed by atoms with Crippen LogP contribution in [0.2, 0.25) is 0 Å². The number of nitrogens with two attached hydrogens (primary N) is 1. The van der Waals surface area contributed by atoms with Crippen LogP contribution in [0.25, 0.3) is 0 Å². The summed E-state index contributed by atoms with van der Waals surface area (Å²) in [6.45, 7) is -0.578. The van der Waals surface area contributed by atoms with Crippen LogP contribution in [0.4, 0.5) is 4.79 Å². The van der Waals surface area contributed by atoms with Crippen LogP contribution in [0.15, 0.2) is 12.3 Å². The lowest BCUT2D eigenvalue weighted by molar-refractivity contribution is -0.297. The van der Waals surface area contributed by atoms with E-state index in [0.29, 0.717) is 11.0 Å². The molecule has 1 aliphatic heterocycles. The number of hydrogen-bond donors (Lipinski definition) is 4. The van der Waals surface area contributed by atoms with Crippen molar-refractivity contribution in [3.8, 4) is 0 Å². The van der Waals surface area contributed by atoms with Crippen molar-refractivity contribution in [3.05, 3.63) is 12.3 Å². The molecule has 1 aliphatic rings. The highest BCUT2D eigenvalue weighted by atomic mass is 16.6. The molecule has 4 atom stereocenters. The highest BCUT2D eigenvalue weighted by Gasteiger charge is 2.45. The maximum Gasteiger partial charge on any atom is 0.321 e. The molecule has 0 aliphatic carbocycles. The Balaban J connectivity index is 2.87. The number of carbonyl (C=O) groups is 2. The number of aliphatic hydroxyl groups is 3. The fourth-order valence-corrected chi connectivity index (χ4v) is 1.53. The molecular formula is C9H13N2O7-. The Hall–Kier alpha value is -1.68. The first-order valence-corrected chi connectivity index (χ1v) is 4.98. The number of hydrogen-bond acceptors (Lipinski definition) is 7. The van der Waals surface area contributed by atoms with Gasteiger partial charge in [0, 0.05) is 6.20 Å². The molecular weight excluding hydrogens is 248 g/mol. The van der Waals surface area contributed by atoms with Crippen molar-refractivity contribution in [2.75, 3.05) is 6.61 Å².